The topological polar surface area (TPSA) is 58.2 Å². The summed E-state index contributed by atoms with van der Waals surface area (Å²) in [6.07, 6.45) is 0.285. The molecule has 4 nitrogen and oxygen atoms in total. The van der Waals surface area contributed by atoms with E-state index in [0.717, 1.165) is 22.3 Å². The molecule has 0 unspecified atom stereocenters. The van der Waals surface area contributed by atoms with Crippen LogP contribution in [0.4, 0.5) is 0 Å². The third-order valence-electron chi connectivity index (χ3n) is 3.47. The van der Waals surface area contributed by atoms with Crippen LogP contribution in [0.15, 0.2) is 48.5 Å². The van der Waals surface area contributed by atoms with Crippen molar-refractivity contribution in [1.29, 1.82) is 0 Å². The van der Waals surface area contributed by atoms with Gasteiger partial charge in [0.15, 0.2) is 0 Å². The molecule has 0 spiro atoms. The molecule has 0 aromatic heterocycles. The van der Waals surface area contributed by atoms with Gasteiger partial charge >= 0.3 is 0 Å². The Bertz CT molecular complexity index is 695. The van der Waals surface area contributed by atoms with Gasteiger partial charge in [-0.05, 0) is 25.0 Å². The van der Waals surface area contributed by atoms with Crippen molar-refractivity contribution in [2.45, 2.75) is 26.8 Å². The van der Waals surface area contributed by atoms with Crippen molar-refractivity contribution in [3.05, 3.63) is 70.8 Å². The molecule has 2 rings (SSSR count). The van der Waals surface area contributed by atoms with Crippen LogP contribution < -0.4 is 10.6 Å². The molecule has 0 aliphatic carbocycles. The first kappa shape index (κ1) is 16.7. The smallest absolute Gasteiger partial charge is 0.239 e. The van der Waals surface area contributed by atoms with E-state index in [1.54, 1.807) is 0 Å². The minimum absolute atomic E-state index is 0.00351. The number of nitrogens with one attached hydrogen (secondary N) is 2. The normalized spacial score (nSPS) is 10.2. The van der Waals surface area contributed by atoms with Crippen molar-refractivity contribution in [2.75, 3.05) is 6.54 Å². The van der Waals surface area contributed by atoms with Gasteiger partial charge in [0.2, 0.25) is 11.8 Å². The second-order valence-corrected chi connectivity index (χ2v) is 5.71. The number of carbonyl (C=O) groups excluding carboxylic acids is 2. The van der Waals surface area contributed by atoms with Gasteiger partial charge in [0, 0.05) is 6.54 Å². The van der Waals surface area contributed by atoms with Crippen molar-refractivity contribution in [2.24, 2.45) is 0 Å². The summed E-state index contributed by atoms with van der Waals surface area (Å²) in [5.41, 5.74) is 4.27. The molecule has 0 fully saturated rings. The fraction of sp³-hybridized carbons (Fsp3) is 0.263. The lowest BCUT2D eigenvalue weighted by atomic mass is 10.1. The minimum Gasteiger partial charge on any atom is -0.350 e. The standard InChI is InChI=1S/C19H22N2O2/c1-14-5-3-7-16(9-14)11-18(22)21-13-19(23)20-12-17-8-4-6-15(2)10-17/h3-10H,11-13H2,1-2H3,(H,20,23)(H,21,22). The van der Waals surface area contributed by atoms with E-state index >= 15 is 0 Å². The van der Waals surface area contributed by atoms with Gasteiger partial charge < -0.3 is 10.6 Å². The van der Waals surface area contributed by atoms with E-state index in [1.165, 1.54) is 0 Å². The fourth-order valence-corrected chi connectivity index (χ4v) is 2.33. The summed E-state index contributed by atoms with van der Waals surface area (Å²) in [7, 11) is 0. The molecule has 2 aromatic rings. The lowest BCUT2D eigenvalue weighted by molar-refractivity contribution is -0.125. The molecule has 23 heavy (non-hydrogen) atoms. The maximum Gasteiger partial charge on any atom is 0.239 e. The lowest BCUT2D eigenvalue weighted by Gasteiger charge is -2.08. The number of hydrogen-bond donors (Lipinski definition) is 2. The Labute approximate surface area is 136 Å². The average molecular weight is 310 g/mol. The van der Waals surface area contributed by atoms with Gasteiger partial charge in [0.25, 0.3) is 0 Å². The van der Waals surface area contributed by atoms with E-state index in [1.807, 2.05) is 62.4 Å². The Morgan fingerprint density at radius 1 is 0.826 bits per heavy atom. The Hall–Kier alpha value is -2.62. The number of amides is 2. The van der Waals surface area contributed by atoms with Crippen molar-refractivity contribution < 1.29 is 9.59 Å². The predicted molar refractivity (Wildman–Crippen MR) is 90.9 cm³/mol. The van der Waals surface area contributed by atoms with Gasteiger partial charge in [-0.25, -0.2) is 0 Å². The highest BCUT2D eigenvalue weighted by atomic mass is 16.2. The summed E-state index contributed by atoms with van der Waals surface area (Å²) in [4.78, 5) is 23.6. The third-order valence-corrected chi connectivity index (χ3v) is 3.47. The molecular formula is C19H22N2O2. The summed E-state index contributed by atoms with van der Waals surface area (Å²) >= 11 is 0. The molecule has 0 saturated carbocycles. The Balaban J connectivity index is 1.72. The van der Waals surface area contributed by atoms with Crippen molar-refractivity contribution in [1.82, 2.24) is 10.6 Å². The van der Waals surface area contributed by atoms with Crippen LogP contribution in [0.5, 0.6) is 0 Å². The van der Waals surface area contributed by atoms with Crippen LogP contribution in [-0.4, -0.2) is 18.4 Å². The van der Waals surface area contributed by atoms with Gasteiger partial charge in [-0.2, -0.15) is 0 Å². The maximum absolute atomic E-state index is 11.9. The molecule has 4 heteroatoms. The van der Waals surface area contributed by atoms with Crippen LogP contribution in [0, 0.1) is 13.8 Å². The van der Waals surface area contributed by atoms with Crippen molar-refractivity contribution in [3.8, 4) is 0 Å². The van der Waals surface area contributed by atoms with Gasteiger partial charge in [-0.3, -0.25) is 9.59 Å². The second kappa shape index (κ2) is 8.13. The largest absolute Gasteiger partial charge is 0.350 e. The van der Waals surface area contributed by atoms with E-state index in [2.05, 4.69) is 10.6 Å². The molecule has 0 radical (unpaired) electrons. The van der Waals surface area contributed by atoms with Crippen molar-refractivity contribution in [3.63, 3.8) is 0 Å². The first-order valence-electron chi connectivity index (χ1n) is 7.67. The number of carbonyl (C=O) groups is 2. The molecule has 2 amide bonds. The number of rotatable bonds is 6. The molecule has 120 valence electrons. The Kier molecular flexibility index (Phi) is 5.92. The van der Waals surface area contributed by atoms with E-state index in [4.69, 9.17) is 0 Å². The first-order valence-corrected chi connectivity index (χ1v) is 7.67. The fourth-order valence-electron chi connectivity index (χ4n) is 2.33. The van der Waals surface area contributed by atoms with Gasteiger partial charge in [0.1, 0.15) is 0 Å². The Morgan fingerprint density at radius 2 is 1.43 bits per heavy atom. The summed E-state index contributed by atoms with van der Waals surface area (Å²) in [6.45, 7) is 4.46. The van der Waals surface area contributed by atoms with E-state index in [-0.39, 0.29) is 24.8 Å². The van der Waals surface area contributed by atoms with E-state index in [9.17, 15) is 9.59 Å². The highest BCUT2D eigenvalue weighted by molar-refractivity contribution is 5.85. The predicted octanol–water partition coefficient (Wildman–Crippen LogP) is 2.28. The minimum atomic E-state index is -0.191. The maximum atomic E-state index is 11.9. The number of aryl methyl sites for hydroxylation is 2. The highest BCUT2D eigenvalue weighted by Gasteiger charge is 2.06. The summed E-state index contributed by atoms with van der Waals surface area (Å²) in [5, 5.41) is 5.45. The molecule has 0 bridgehead atoms. The monoisotopic (exact) mass is 310 g/mol. The van der Waals surface area contributed by atoms with Crippen molar-refractivity contribution >= 4 is 11.8 Å². The van der Waals surface area contributed by atoms with E-state index in [0.29, 0.717) is 6.54 Å². The van der Waals surface area contributed by atoms with Crippen LogP contribution >= 0.6 is 0 Å². The van der Waals surface area contributed by atoms with E-state index < -0.39 is 0 Å². The van der Waals surface area contributed by atoms with Crippen LogP contribution in [0.25, 0.3) is 0 Å². The van der Waals surface area contributed by atoms with Gasteiger partial charge in [-0.15, -0.1) is 0 Å². The SMILES string of the molecule is Cc1cccc(CNC(=O)CNC(=O)Cc2cccc(C)c2)c1. The number of benzene rings is 2. The Morgan fingerprint density at radius 3 is 2.09 bits per heavy atom. The molecular weight excluding hydrogens is 288 g/mol. The lowest BCUT2D eigenvalue weighted by Crippen LogP contribution is -2.37. The molecule has 0 aliphatic heterocycles. The molecule has 2 N–H and O–H groups in total. The average Bonchev–Trinajstić information content (AvgIpc) is 2.51. The third kappa shape index (κ3) is 5.94. The van der Waals surface area contributed by atoms with Crippen LogP contribution in [0.3, 0.4) is 0 Å². The zero-order valence-electron chi connectivity index (χ0n) is 13.6. The molecule has 0 aliphatic rings. The van der Waals surface area contributed by atoms with Crippen LogP contribution in [0.1, 0.15) is 22.3 Å². The van der Waals surface area contributed by atoms with Gasteiger partial charge in [-0.1, -0.05) is 59.7 Å². The summed E-state index contributed by atoms with van der Waals surface area (Å²) < 4.78 is 0. The van der Waals surface area contributed by atoms with Crippen LogP contribution in [0.2, 0.25) is 0 Å². The number of hydrogen-bond acceptors (Lipinski definition) is 2. The zero-order chi connectivity index (χ0) is 16.7. The second-order valence-electron chi connectivity index (χ2n) is 5.71. The summed E-state index contributed by atoms with van der Waals surface area (Å²) in [6, 6.07) is 15.7. The zero-order valence-corrected chi connectivity index (χ0v) is 13.6. The molecule has 0 atom stereocenters. The summed E-state index contributed by atoms with van der Waals surface area (Å²) in [5.74, 6) is -0.342. The molecule has 0 heterocycles. The molecule has 0 saturated heterocycles. The quantitative estimate of drug-likeness (QED) is 0.860. The first-order chi connectivity index (χ1) is 11.0. The van der Waals surface area contributed by atoms with Crippen LogP contribution in [-0.2, 0) is 22.6 Å². The molecule has 2 aromatic carbocycles. The highest BCUT2D eigenvalue weighted by Crippen LogP contribution is 2.04. The van der Waals surface area contributed by atoms with Gasteiger partial charge in [0.05, 0.1) is 13.0 Å².